The molecule has 6 fully saturated rings. The molecule has 0 aromatic rings. The van der Waals surface area contributed by atoms with Gasteiger partial charge in [-0.05, 0) is 53.4 Å². The highest BCUT2D eigenvalue weighted by Crippen LogP contribution is 2.45. The van der Waals surface area contributed by atoms with Gasteiger partial charge in [-0.1, -0.05) is 67.0 Å². The molecule has 0 aromatic heterocycles. The van der Waals surface area contributed by atoms with E-state index < -0.39 is 172 Å². The van der Waals surface area contributed by atoms with Gasteiger partial charge in [0.2, 0.25) is 12.0 Å². The lowest BCUT2D eigenvalue weighted by Crippen LogP contribution is -2.45. The molecule has 12 nitrogen and oxygen atoms in total. The van der Waals surface area contributed by atoms with E-state index in [0.717, 1.165) is 19.8 Å². The number of hydrogen-bond donors (Lipinski definition) is 4. The van der Waals surface area contributed by atoms with Crippen molar-refractivity contribution < 1.29 is 111 Å². The fraction of sp³-hybridized carbons (Fsp3) is 0.980. The minimum atomic E-state index is -2.37. The number of aliphatic hydroxyl groups excluding tert-OH is 4. The average molecular weight is 1140 g/mol. The summed E-state index contributed by atoms with van der Waals surface area (Å²) in [7, 11) is 0. The van der Waals surface area contributed by atoms with Gasteiger partial charge < -0.3 is 53.6 Å². The molecule has 6 aliphatic rings. The standard InChI is InChI=1S/C10H16F2O3.2C9H16F2O.C8H13ClF2O.2C7H12F2O3/c1-4-8-6(2)10(12,5-11)9(15-8)14-7(3)13;2*1-4-8-6(2)9(11,5-10)7(3)12-8;1-3-6-5(2)8(11,4-10)7(9)12-6;2*1-4-7(9,3-8)6(11)5(2-10)12-4/h6,8-9H,4-5H2,1-3H3;2*6-8H,4-5H2,1-3H3;5-7H,3-4H2,1-2H3;2*4-6,10-11H,2-3H2,1H3/t6-,8+,9+,10?;2*6-,7-,8+,9?;5-,6+,7+,8?;2*4-,5+,6-,7?/m000000/s1. The van der Waals surface area contributed by atoms with Crippen LogP contribution in [0.4, 0.5) is 52.7 Å². The van der Waals surface area contributed by atoms with Crippen LogP contribution in [0.1, 0.15) is 116 Å². The Hall–Kier alpha value is -1.48. The zero-order chi connectivity index (χ0) is 58.4. The van der Waals surface area contributed by atoms with Crippen LogP contribution < -0.4 is 0 Å². The van der Waals surface area contributed by atoms with Gasteiger partial charge in [0, 0.05) is 30.6 Å². The van der Waals surface area contributed by atoms with Crippen molar-refractivity contribution in [1.82, 2.24) is 0 Å². The van der Waals surface area contributed by atoms with E-state index in [9.17, 15) is 67.7 Å². The number of hydrogen-bond acceptors (Lipinski definition) is 12. The molecule has 448 valence electrons. The number of ether oxygens (including phenoxy) is 7. The van der Waals surface area contributed by atoms with Gasteiger partial charge in [-0.15, -0.1) is 0 Å². The summed E-state index contributed by atoms with van der Waals surface area (Å²) in [4.78, 5) is 10.7. The van der Waals surface area contributed by atoms with Crippen LogP contribution in [-0.4, -0.2) is 199 Å². The van der Waals surface area contributed by atoms with Gasteiger partial charge >= 0.3 is 5.97 Å². The van der Waals surface area contributed by atoms with Crippen LogP contribution >= 0.6 is 11.6 Å². The van der Waals surface area contributed by atoms with Crippen LogP contribution in [0.2, 0.25) is 0 Å². The van der Waals surface area contributed by atoms with Crippen molar-refractivity contribution in [3.8, 4) is 0 Å². The zero-order valence-electron chi connectivity index (χ0n) is 45.3. The van der Waals surface area contributed by atoms with Crippen molar-refractivity contribution in [2.45, 2.75) is 235 Å². The van der Waals surface area contributed by atoms with Crippen molar-refractivity contribution in [3.05, 3.63) is 0 Å². The van der Waals surface area contributed by atoms with Crippen LogP contribution in [0.25, 0.3) is 0 Å². The number of esters is 1. The minimum absolute atomic E-state index is 0.124. The summed E-state index contributed by atoms with van der Waals surface area (Å²) in [6, 6.07) is 0. The van der Waals surface area contributed by atoms with Gasteiger partial charge in [0.15, 0.2) is 33.9 Å². The third-order valence-corrected chi connectivity index (χ3v) is 16.5. The molecule has 25 heteroatoms. The first kappa shape index (κ1) is 71.5. The van der Waals surface area contributed by atoms with Gasteiger partial charge in [0.1, 0.15) is 64.5 Å². The molecule has 0 radical (unpaired) electrons. The van der Waals surface area contributed by atoms with Crippen molar-refractivity contribution in [1.29, 1.82) is 0 Å². The summed E-state index contributed by atoms with van der Waals surface area (Å²) in [5, 5.41) is 35.6. The van der Waals surface area contributed by atoms with E-state index in [0.29, 0.717) is 12.8 Å². The fourth-order valence-electron chi connectivity index (χ4n) is 9.72. The summed E-state index contributed by atoms with van der Waals surface area (Å²) in [6.07, 6.45) is -8.06. The Balaban J connectivity index is 0.000000451. The third kappa shape index (κ3) is 15.5. The van der Waals surface area contributed by atoms with Crippen molar-refractivity contribution in [2.75, 3.05) is 53.3 Å². The lowest BCUT2D eigenvalue weighted by molar-refractivity contribution is -0.195. The number of carbonyl (C=O) groups is 1. The molecule has 6 aliphatic heterocycles. The van der Waals surface area contributed by atoms with Gasteiger partial charge in [0.05, 0.1) is 62.0 Å². The van der Waals surface area contributed by atoms with Crippen LogP contribution in [-0.2, 0) is 38.0 Å². The number of alkyl halides is 13. The van der Waals surface area contributed by atoms with E-state index >= 15 is 0 Å². The van der Waals surface area contributed by atoms with Crippen molar-refractivity contribution in [3.63, 3.8) is 0 Å². The average Bonchev–Trinajstić information content (AvgIpc) is 4.10. The van der Waals surface area contributed by atoms with Gasteiger partial charge in [-0.25, -0.2) is 52.7 Å². The van der Waals surface area contributed by atoms with Crippen LogP contribution in [0.15, 0.2) is 0 Å². The largest absolute Gasteiger partial charge is 0.432 e. The first-order chi connectivity index (χ1) is 34.7. The van der Waals surface area contributed by atoms with E-state index in [1.807, 2.05) is 27.7 Å². The third-order valence-electron chi connectivity index (χ3n) is 16.0. The molecule has 6 heterocycles. The first-order valence-electron chi connectivity index (χ1n) is 25.6. The molecule has 4 N–H and O–H groups in total. The fourth-order valence-corrected chi connectivity index (χ4v) is 10.1. The Kier molecular flexibility index (Phi) is 29.0. The maximum Gasteiger partial charge on any atom is 0.305 e. The molecule has 6 rings (SSSR count). The molecule has 6 unspecified atom stereocenters. The van der Waals surface area contributed by atoms with Gasteiger partial charge in [-0.2, -0.15) is 0 Å². The molecule has 75 heavy (non-hydrogen) atoms. The Morgan fingerprint density at radius 1 is 0.440 bits per heavy atom. The first-order valence-corrected chi connectivity index (χ1v) is 26.0. The molecule has 0 spiro atoms. The highest BCUT2D eigenvalue weighted by Gasteiger charge is 2.59. The number of halogens is 13. The molecule has 0 bridgehead atoms. The molecule has 24 atom stereocenters. The molecular formula is C50H85ClF12O12. The molecule has 0 aliphatic carbocycles. The second-order valence-corrected chi connectivity index (χ2v) is 20.7. The molecular weight excluding hydrogens is 1060 g/mol. The Bertz CT molecular complexity index is 1460. The van der Waals surface area contributed by atoms with E-state index in [4.69, 9.17) is 50.2 Å². The summed E-state index contributed by atoms with van der Waals surface area (Å²) in [6.45, 7) is 13.4. The van der Waals surface area contributed by atoms with E-state index in [1.165, 1.54) is 13.8 Å². The number of aliphatic hydroxyl groups is 4. The molecule has 6 saturated heterocycles. The topological polar surface area (TPSA) is 163 Å². The highest BCUT2D eigenvalue weighted by atomic mass is 35.5. The summed E-state index contributed by atoms with van der Waals surface area (Å²) in [5.41, 5.74) is -13.6. The molecule has 0 saturated carbocycles. The quantitative estimate of drug-likeness (QED) is 0.0787. The van der Waals surface area contributed by atoms with Gasteiger partial charge in [0.25, 0.3) is 0 Å². The normalized spacial score (nSPS) is 46.7. The van der Waals surface area contributed by atoms with E-state index in [1.54, 1.807) is 41.5 Å². The summed E-state index contributed by atoms with van der Waals surface area (Å²) < 4.78 is 192. The van der Waals surface area contributed by atoms with E-state index in [-0.39, 0.29) is 30.1 Å². The second kappa shape index (κ2) is 30.4. The number of rotatable bonds is 13. The van der Waals surface area contributed by atoms with Crippen molar-refractivity contribution in [2.24, 2.45) is 23.7 Å². The maximum atomic E-state index is 14.1. The predicted octanol–water partition coefficient (Wildman–Crippen LogP) is 9.28. The summed E-state index contributed by atoms with van der Waals surface area (Å²) in [5.74, 6) is -2.41. The Labute approximate surface area is 439 Å². The Morgan fingerprint density at radius 3 is 0.893 bits per heavy atom. The van der Waals surface area contributed by atoms with Crippen LogP contribution in [0, 0.1) is 23.7 Å². The lowest BCUT2D eigenvalue weighted by atomic mass is 9.86. The second-order valence-electron chi connectivity index (χ2n) is 20.3. The monoisotopic (exact) mass is 1140 g/mol. The Morgan fingerprint density at radius 2 is 0.693 bits per heavy atom. The maximum absolute atomic E-state index is 14.1. The van der Waals surface area contributed by atoms with Crippen LogP contribution in [0.3, 0.4) is 0 Å². The zero-order valence-corrected chi connectivity index (χ0v) is 46.1. The molecule has 0 amide bonds. The highest BCUT2D eigenvalue weighted by molar-refractivity contribution is 6.20. The van der Waals surface area contributed by atoms with Crippen molar-refractivity contribution >= 4 is 17.6 Å². The lowest BCUT2D eigenvalue weighted by Gasteiger charge is -2.25. The van der Waals surface area contributed by atoms with Gasteiger partial charge in [-0.3, -0.25) is 4.79 Å². The minimum Gasteiger partial charge on any atom is -0.432 e. The number of carbonyl (C=O) groups excluding carboxylic acids is 1. The summed E-state index contributed by atoms with van der Waals surface area (Å²) >= 11 is 5.55. The smallest absolute Gasteiger partial charge is 0.305 e. The molecule has 0 aromatic carbocycles. The van der Waals surface area contributed by atoms with Crippen LogP contribution in [0.5, 0.6) is 0 Å². The SMILES string of the molecule is CC[C@H]1O[C@@H](C)C(F)(CF)[C@H]1C.CC[C@H]1O[C@@H](C)C(F)(CF)[C@H]1C.CC[C@H]1O[C@@H](Cl)C(F)(CF)[C@H]1C.CC[C@H]1O[C@@H](OC(C)=O)C(F)(CF)[C@H]1C.C[C@@H]1O[C@H](CO)[C@H](O)C1(F)CF.C[C@@H]1O[C@H](CO)[C@H](O)C1(F)CF. The predicted molar refractivity (Wildman–Crippen MR) is 255 cm³/mol. The van der Waals surface area contributed by atoms with E-state index in [2.05, 4.69) is 4.74 Å².